The highest BCUT2D eigenvalue weighted by Crippen LogP contribution is 2.80. The molecule has 3 unspecified atom stereocenters. The van der Waals surface area contributed by atoms with E-state index < -0.39 is 64.8 Å². The number of benzene rings is 1. The molecule has 1 aromatic rings. The molecule has 14 atom stereocenters. The Morgan fingerprint density at radius 1 is 1.02 bits per heavy atom. The Morgan fingerprint density at radius 3 is 2.36 bits per heavy atom. The number of aliphatic hydroxyl groups is 2. The second kappa shape index (κ2) is 10.7. The second-order valence-electron chi connectivity index (χ2n) is 14.3. The molecule has 1 aliphatic heterocycles. The van der Waals surface area contributed by atoms with Gasteiger partial charge in [0.05, 0.1) is 24.4 Å². The third-order valence-electron chi connectivity index (χ3n) is 13.0. The number of carbonyl (C=O) groups is 2. The minimum atomic E-state index is -1.76. The van der Waals surface area contributed by atoms with Crippen LogP contribution in [0, 0.1) is 34.5 Å². The van der Waals surface area contributed by atoms with E-state index in [9.17, 15) is 19.8 Å². The van der Waals surface area contributed by atoms with Gasteiger partial charge in [-0.15, -0.1) is 0 Å². The molecule has 6 fully saturated rings. The van der Waals surface area contributed by atoms with Gasteiger partial charge in [-0.25, -0.2) is 4.79 Å². The van der Waals surface area contributed by atoms with Gasteiger partial charge in [-0.05, 0) is 43.9 Å². The van der Waals surface area contributed by atoms with E-state index in [1.165, 1.54) is 14.0 Å². The van der Waals surface area contributed by atoms with Crippen LogP contribution < -0.4 is 0 Å². The normalized spacial score (nSPS) is 49.1. The van der Waals surface area contributed by atoms with Crippen LogP contribution in [0.25, 0.3) is 0 Å². The fourth-order valence-electron chi connectivity index (χ4n) is 12.4. The molecule has 248 valence electrons. The zero-order valence-corrected chi connectivity index (χ0v) is 27.0. The van der Waals surface area contributed by atoms with Crippen LogP contribution in [0.15, 0.2) is 30.3 Å². The lowest BCUT2D eigenvalue weighted by Gasteiger charge is -2.69. The maximum absolute atomic E-state index is 13.7. The van der Waals surface area contributed by atoms with Crippen molar-refractivity contribution in [3.63, 3.8) is 0 Å². The summed E-state index contributed by atoms with van der Waals surface area (Å²) < 4.78 is 37.7. The van der Waals surface area contributed by atoms with Gasteiger partial charge in [0.15, 0.2) is 5.60 Å². The fourth-order valence-corrected chi connectivity index (χ4v) is 12.4. The Bertz CT molecular complexity index is 1330. The lowest BCUT2D eigenvalue weighted by Crippen LogP contribution is -2.80. The molecule has 1 aromatic carbocycles. The second-order valence-corrected chi connectivity index (χ2v) is 14.3. The number of aliphatic hydroxyl groups excluding tert-OH is 1. The predicted octanol–water partition coefficient (Wildman–Crippen LogP) is 1.68. The topological polar surface area (TPSA) is 133 Å². The first-order valence-corrected chi connectivity index (χ1v) is 16.2. The van der Waals surface area contributed by atoms with Gasteiger partial charge in [-0.1, -0.05) is 25.1 Å². The minimum Gasteiger partial charge on any atom is -0.455 e. The Labute approximate surface area is 264 Å². The standard InChI is InChI=1S/C34H47NO10/c1-7-35-16-31(17-40-3)14-13-21(41-4)33-20-15-32(39)28(44-30(38)19-11-9-8-10-12-19)22(20)34(45-18(2)36,27(37)29(32)43-6)23(26(33)35)24(42-5)25(31)33/h8-12,20-29,37,39H,7,13-17H2,1-6H3/t20-,21+,22-,23?,24?,25-,26?,27+,28-,29+,31+,32-,33+,34-/m1/s1. The Kier molecular flexibility index (Phi) is 7.48. The highest BCUT2D eigenvalue weighted by atomic mass is 16.6. The van der Waals surface area contributed by atoms with Crippen molar-refractivity contribution in [3.8, 4) is 0 Å². The van der Waals surface area contributed by atoms with E-state index in [1.54, 1.807) is 45.6 Å². The molecule has 1 spiro atoms. The monoisotopic (exact) mass is 629 g/mol. The SMILES string of the molecule is CCN1C[C@]2(COC)CC[C@H](OC)[C@]34C1C(C(OC)[C@H]23)[C@]1(OC(C)=O)[C@H]2[C@@H](OC(=O)c3ccccc3)[C@](O)(C[C@H]24)[C@@H](OC)[C@@H]1O. The maximum Gasteiger partial charge on any atom is 0.338 e. The number of piperidine rings is 1. The van der Waals surface area contributed by atoms with Gasteiger partial charge in [-0.2, -0.15) is 0 Å². The van der Waals surface area contributed by atoms with Gasteiger partial charge in [0.2, 0.25) is 0 Å². The summed E-state index contributed by atoms with van der Waals surface area (Å²) in [5, 5.41) is 25.3. The van der Waals surface area contributed by atoms with E-state index in [0.717, 1.165) is 19.4 Å². The number of rotatable bonds is 9. The third kappa shape index (κ3) is 3.66. The highest BCUT2D eigenvalue weighted by molar-refractivity contribution is 5.89. The summed E-state index contributed by atoms with van der Waals surface area (Å²) in [5.74, 6) is -2.95. The van der Waals surface area contributed by atoms with Crippen molar-refractivity contribution in [1.82, 2.24) is 4.90 Å². The number of fused-ring (bicyclic) bond motifs is 2. The molecule has 11 nitrogen and oxygen atoms in total. The number of ether oxygens (including phenoxy) is 6. The van der Waals surface area contributed by atoms with Gasteiger partial charge in [0.25, 0.3) is 0 Å². The molecule has 7 rings (SSSR count). The molecule has 7 bridgehead atoms. The van der Waals surface area contributed by atoms with Crippen molar-refractivity contribution in [2.45, 2.75) is 80.9 Å². The Morgan fingerprint density at radius 2 is 1.76 bits per heavy atom. The van der Waals surface area contributed by atoms with Crippen molar-refractivity contribution < 1.29 is 48.2 Å². The van der Waals surface area contributed by atoms with E-state index in [0.29, 0.717) is 18.7 Å². The summed E-state index contributed by atoms with van der Waals surface area (Å²) in [4.78, 5) is 29.4. The van der Waals surface area contributed by atoms with Gasteiger partial charge < -0.3 is 38.6 Å². The van der Waals surface area contributed by atoms with Crippen LogP contribution in [0.2, 0.25) is 0 Å². The number of methoxy groups -OCH3 is 4. The smallest absolute Gasteiger partial charge is 0.338 e. The average molecular weight is 630 g/mol. The van der Waals surface area contributed by atoms with Crippen molar-refractivity contribution in [3.05, 3.63) is 35.9 Å². The van der Waals surface area contributed by atoms with Crippen LogP contribution in [-0.4, -0.2) is 123 Å². The van der Waals surface area contributed by atoms with Crippen LogP contribution in [0.1, 0.15) is 43.5 Å². The summed E-state index contributed by atoms with van der Waals surface area (Å²) in [6.07, 6.45) is -2.64. The van der Waals surface area contributed by atoms with Crippen molar-refractivity contribution >= 4 is 11.9 Å². The number of esters is 2. The van der Waals surface area contributed by atoms with Gasteiger partial charge in [0.1, 0.15) is 23.9 Å². The molecule has 45 heavy (non-hydrogen) atoms. The fraction of sp³-hybridized carbons (Fsp3) is 0.765. The Hall–Kier alpha value is -2.12. The van der Waals surface area contributed by atoms with E-state index >= 15 is 0 Å². The van der Waals surface area contributed by atoms with E-state index in [-0.39, 0.29) is 35.8 Å². The Balaban J connectivity index is 1.52. The molecule has 0 aromatic heterocycles. The van der Waals surface area contributed by atoms with Crippen LogP contribution in [0.4, 0.5) is 0 Å². The summed E-state index contributed by atoms with van der Waals surface area (Å²) in [5.41, 5.74) is -3.92. The summed E-state index contributed by atoms with van der Waals surface area (Å²) >= 11 is 0. The van der Waals surface area contributed by atoms with Crippen LogP contribution in [0.5, 0.6) is 0 Å². The molecule has 1 heterocycles. The zero-order chi connectivity index (χ0) is 32.1. The highest BCUT2D eigenvalue weighted by Gasteiger charge is 2.91. The first-order chi connectivity index (χ1) is 21.6. The molecule has 5 aliphatic carbocycles. The molecule has 2 N–H and O–H groups in total. The average Bonchev–Trinajstić information content (AvgIpc) is 3.40. The maximum atomic E-state index is 13.7. The first-order valence-electron chi connectivity index (χ1n) is 16.2. The summed E-state index contributed by atoms with van der Waals surface area (Å²) in [7, 11) is 6.59. The molecule has 5 saturated carbocycles. The van der Waals surface area contributed by atoms with Gasteiger partial charge in [0, 0.05) is 76.5 Å². The van der Waals surface area contributed by atoms with Crippen molar-refractivity contribution in [2.24, 2.45) is 34.5 Å². The lowest BCUT2D eigenvalue weighted by molar-refractivity contribution is -0.317. The molecule has 11 heteroatoms. The summed E-state index contributed by atoms with van der Waals surface area (Å²) in [6.45, 7) is 5.44. The number of hydrogen-bond donors (Lipinski definition) is 2. The van der Waals surface area contributed by atoms with Gasteiger partial charge in [-0.3, -0.25) is 9.69 Å². The van der Waals surface area contributed by atoms with Crippen LogP contribution in [0.3, 0.4) is 0 Å². The molecule has 0 amide bonds. The van der Waals surface area contributed by atoms with Crippen LogP contribution in [-0.2, 0) is 33.2 Å². The zero-order valence-electron chi connectivity index (χ0n) is 27.0. The number of nitrogens with zero attached hydrogens (tertiary/aromatic N) is 1. The van der Waals surface area contributed by atoms with Crippen LogP contribution >= 0.6 is 0 Å². The van der Waals surface area contributed by atoms with Gasteiger partial charge >= 0.3 is 11.9 Å². The summed E-state index contributed by atoms with van der Waals surface area (Å²) in [6, 6.07) is 8.42. The number of hydrogen-bond acceptors (Lipinski definition) is 11. The predicted molar refractivity (Wildman–Crippen MR) is 159 cm³/mol. The molecular formula is C34H47NO10. The number of carbonyl (C=O) groups excluding carboxylic acids is 2. The minimum absolute atomic E-state index is 0.101. The van der Waals surface area contributed by atoms with E-state index in [2.05, 4.69) is 11.8 Å². The molecule has 6 aliphatic rings. The molecule has 1 saturated heterocycles. The molecular weight excluding hydrogens is 582 g/mol. The quantitative estimate of drug-likeness (QED) is 0.387. The van der Waals surface area contributed by atoms with E-state index in [4.69, 9.17) is 28.4 Å². The third-order valence-corrected chi connectivity index (χ3v) is 13.0. The van der Waals surface area contributed by atoms with E-state index in [1.807, 2.05) is 6.07 Å². The van der Waals surface area contributed by atoms with Crippen molar-refractivity contribution in [2.75, 3.05) is 48.1 Å². The largest absolute Gasteiger partial charge is 0.455 e. The lowest BCUT2D eigenvalue weighted by atomic mass is 9.43. The number of likely N-dealkylation sites (tertiary alicyclic amines) is 1. The van der Waals surface area contributed by atoms with Crippen molar-refractivity contribution in [1.29, 1.82) is 0 Å². The molecule has 0 radical (unpaired) electrons. The first kappa shape index (κ1) is 31.5.